The second-order valence-electron chi connectivity index (χ2n) is 3.74. The molecule has 1 aromatic heterocycles. The lowest BCUT2D eigenvalue weighted by atomic mass is 10.1. The average Bonchev–Trinajstić information content (AvgIpc) is 2.74. The molecule has 0 unspecified atom stereocenters. The molecule has 0 bridgehead atoms. The fourth-order valence-corrected chi connectivity index (χ4v) is 2.63. The number of nitrogens with two attached hydrogens (primary N) is 1. The summed E-state index contributed by atoms with van der Waals surface area (Å²) in [6.45, 7) is 0. The van der Waals surface area contributed by atoms with Crippen LogP contribution in [0.15, 0.2) is 36.4 Å². The Balaban J connectivity index is 0.00000200. The van der Waals surface area contributed by atoms with Crippen molar-refractivity contribution in [3.63, 3.8) is 0 Å². The molecule has 8 heteroatoms. The average molecular weight is 344 g/mol. The molecule has 1 aromatic carbocycles. The first-order valence-electron chi connectivity index (χ1n) is 5.22. The second-order valence-corrected chi connectivity index (χ2v) is 5.48. The number of hydrogen-bond donors (Lipinski definition) is 1. The minimum absolute atomic E-state index is 0. The Morgan fingerprint density at radius 1 is 1.10 bits per heavy atom. The number of rotatable bonds is 3. The van der Waals surface area contributed by atoms with E-state index in [0.29, 0.717) is 9.90 Å². The fraction of sp³-hybridized carbons (Fsp3) is 0.167. The Morgan fingerprint density at radius 3 is 2.15 bits per heavy atom. The van der Waals surface area contributed by atoms with Crippen LogP contribution in [0.3, 0.4) is 0 Å². The van der Waals surface area contributed by atoms with Crippen molar-refractivity contribution in [1.82, 2.24) is 0 Å². The van der Waals surface area contributed by atoms with Gasteiger partial charge in [-0.3, -0.25) is 0 Å². The van der Waals surface area contributed by atoms with Gasteiger partial charge in [-0.05, 0) is 29.8 Å². The lowest BCUT2D eigenvalue weighted by Gasteiger charge is -2.12. The van der Waals surface area contributed by atoms with Gasteiger partial charge in [-0.1, -0.05) is 23.7 Å². The summed E-state index contributed by atoms with van der Waals surface area (Å²) in [5, 5.41) is 0. The van der Waals surface area contributed by atoms with Crippen molar-refractivity contribution >= 4 is 35.3 Å². The third-order valence-electron chi connectivity index (χ3n) is 2.37. The van der Waals surface area contributed by atoms with E-state index in [1.165, 1.54) is 35.6 Å². The first-order valence-corrected chi connectivity index (χ1v) is 6.41. The van der Waals surface area contributed by atoms with Gasteiger partial charge in [-0.2, -0.15) is 0 Å². The standard InChI is InChI=1S/C12H9ClF3NOS.ClH/c13-10-6-5-9(19-10)11(17)7-1-3-8(4-2-7)18-12(14,15)16;/h1-6,11H,17H2;1H/t11-;/m1./s1. The van der Waals surface area contributed by atoms with Gasteiger partial charge in [0.2, 0.25) is 0 Å². The van der Waals surface area contributed by atoms with E-state index in [0.717, 1.165) is 4.88 Å². The van der Waals surface area contributed by atoms with Gasteiger partial charge in [0, 0.05) is 4.88 Å². The van der Waals surface area contributed by atoms with E-state index in [2.05, 4.69) is 4.74 Å². The molecule has 2 N–H and O–H groups in total. The predicted octanol–water partition coefficient (Wildman–Crippen LogP) is 4.77. The smallest absolute Gasteiger partial charge is 0.406 e. The normalized spacial score (nSPS) is 12.7. The summed E-state index contributed by atoms with van der Waals surface area (Å²) in [6, 6.07) is 8.56. The van der Waals surface area contributed by atoms with Crippen molar-refractivity contribution in [2.45, 2.75) is 12.4 Å². The Labute approximate surface area is 128 Å². The van der Waals surface area contributed by atoms with Gasteiger partial charge in [0.05, 0.1) is 10.4 Å². The molecule has 1 heterocycles. The van der Waals surface area contributed by atoms with Crippen LogP contribution < -0.4 is 10.5 Å². The third kappa shape index (κ3) is 4.56. The summed E-state index contributed by atoms with van der Waals surface area (Å²) in [5.74, 6) is -0.271. The van der Waals surface area contributed by atoms with Crippen LogP contribution in [0.25, 0.3) is 0 Å². The van der Waals surface area contributed by atoms with Gasteiger partial charge in [-0.15, -0.1) is 36.9 Å². The van der Waals surface area contributed by atoms with E-state index < -0.39 is 12.4 Å². The number of hydrogen-bond acceptors (Lipinski definition) is 3. The molecule has 0 aliphatic carbocycles. The Kier molecular flexibility index (Phi) is 5.70. The van der Waals surface area contributed by atoms with Crippen LogP contribution in [0.4, 0.5) is 13.2 Å². The third-order valence-corrected chi connectivity index (χ3v) is 3.69. The van der Waals surface area contributed by atoms with Crippen molar-refractivity contribution in [3.8, 4) is 5.75 Å². The Hall–Kier alpha value is -0.950. The highest BCUT2D eigenvalue weighted by molar-refractivity contribution is 7.16. The molecule has 0 spiro atoms. The summed E-state index contributed by atoms with van der Waals surface area (Å²) in [4.78, 5) is 0.842. The van der Waals surface area contributed by atoms with Crippen molar-refractivity contribution in [1.29, 1.82) is 0 Å². The predicted molar refractivity (Wildman–Crippen MR) is 75.7 cm³/mol. The molecule has 0 amide bonds. The maximum Gasteiger partial charge on any atom is 0.573 e. The quantitative estimate of drug-likeness (QED) is 0.871. The highest BCUT2D eigenvalue weighted by atomic mass is 35.5. The van der Waals surface area contributed by atoms with Crippen LogP contribution in [0.2, 0.25) is 4.34 Å². The first-order chi connectivity index (χ1) is 8.85. The van der Waals surface area contributed by atoms with E-state index >= 15 is 0 Å². The Bertz CT molecular complexity index is 557. The van der Waals surface area contributed by atoms with Crippen LogP contribution >= 0.6 is 35.3 Å². The van der Waals surface area contributed by atoms with Gasteiger partial charge >= 0.3 is 6.36 Å². The van der Waals surface area contributed by atoms with Gasteiger partial charge in [-0.25, -0.2) is 0 Å². The minimum atomic E-state index is -4.69. The lowest BCUT2D eigenvalue weighted by molar-refractivity contribution is -0.274. The maximum absolute atomic E-state index is 12.0. The highest BCUT2D eigenvalue weighted by Gasteiger charge is 2.31. The molecule has 0 aliphatic heterocycles. The molecule has 2 nitrogen and oxygen atoms in total. The molecule has 0 radical (unpaired) electrons. The van der Waals surface area contributed by atoms with E-state index in [9.17, 15) is 13.2 Å². The van der Waals surface area contributed by atoms with Crippen LogP contribution in [0, 0.1) is 0 Å². The summed E-state index contributed by atoms with van der Waals surface area (Å²) in [7, 11) is 0. The minimum Gasteiger partial charge on any atom is -0.406 e. The number of benzene rings is 1. The topological polar surface area (TPSA) is 35.2 Å². The SMILES string of the molecule is Cl.N[C@H](c1ccc(OC(F)(F)F)cc1)c1ccc(Cl)s1. The summed E-state index contributed by atoms with van der Waals surface area (Å²) in [6.07, 6.45) is -4.69. The number of thiophene rings is 1. The van der Waals surface area contributed by atoms with Crippen molar-refractivity contribution in [3.05, 3.63) is 51.2 Å². The zero-order valence-electron chi connectivity index (χ0n) is 9.86. The highest BCUT2D eigenvalue weighted by Crippen LogP contribution is 2.30. The van der Waals surface area contributed by atoms with Crippen LogP contribution in [0.5, 0.6) is 5.75 Å². The van der Waals surface area contributed by atoms with Gasteiger partial charge in [0.25, 0.3) is 0 Å². The zero-order valence-corrected chi connectivity index (χ0v) is 12.2. The number of ether oxygens (including phenoxy) is 1. The molecule has 1 atom stereocenters. The molecule has 0 aliphatic rings. The van der Waals surface area contributed by atoms with Crippen molar-refractivity contribution in [2.75, 3.05) is 0 Å². The molecule has 2 rings (SSSR count). The van der Waals surface area contributed by atoms with E-state index in [-0.39, 0.29) is 18.2 Å². The molecular formula is C12H10Cl2F3NOS. The van der Waals surface area contributed by atoms with Crippen LogP contribution in [-0.2, 0) is 0 Å². The van der Waals surface area contributed by atoms with Crippen molar-refractivity contribution < 1.29 is 17.9 Å². The van der Waals surface area contributed by atoms with Gasteiger partial charge in [0.15, 0.2) is 0 Å². The van der Waals surface area contributed by atoms with E-state index in [4.69, 9.17) is 17.3 Å². The molecule has 0 fully saturated rings. The molecule has 20 heavy (non-hydrogen) atoms. The molecule has 0 saturated heterocycles. The fourth-order valence-electron chi connectivity index (χ4n) is 1.54. The van der Waals surface area contributed by atoms with Gasteiger partial charge < -0.3 is 10.5 Å². The summed E-state index contributed by atoms with van der Waals surface area (Å²) in [5.41, 5.74) is 6.68. The summed E-state index contributed by atoms with van der Waals surface area (Å²) >= 11 is 7.14. The summed E-state index contributed by atoms with van der Waals surface area (Å²) < 4.78 is 40.4. The van der Waals surface area contributed by atoms with Crippen LogP contribution in [0.1, 0.15) is 16.5 Å². The number of halogens is 5. The first kappa shape index (κ1) is 17.1. The van der Waals surface area contributed by atoms with Gasteiger partial charge in [0.1, 0.15) is 5.75 Å². The monoisotopic (exact) mass is 343 g/mol. The molecule has 2 aromatic rings. The Morgan fingerprint density at radius 2 is 1.70 bits per heavy atom. The number of alkyl halides is 3. The van der Waals surface area contributed by atoms with E-state index in [1.54, 1.807) is 12.1 Å². The lowest BCUT2D eigenvalue weighted by Crippen LogP contribution is -2.17. The molecule has 110 valence electrons. The molecule has 0 saturated carbocycles. The van der Waals surface area contributed by atoms with Crippen molar-refractivity contribution in [2.24, 2.45) is 5.73 Å². The zero-order chi connectivity index (χ0) is 14.0. The largest absolute Gasteiger partial charge is 0.573 e. The maximum atomic E-state index is 12.0. The molecular weight excluding hydrogens is 334 g/mol. The second kappa shape index (κ2) is 6.67. The van der Waals surface area contributed by atoms with Crippen LogP contribution in [-0.4, -0.2) is 6.36 Å². The van der Waals surface area contributed by atoms with E-state index in [1.807, 2.05) is 0 Å².